The van der Waals surface area contributed by atoms with Gasteiger partial charge in [0.15, 0.2) is 0 Å². The smallest absolute Gasteiger partial charge is 0.103 e. The summed E-state index contributed by atoms with van der Waals surface area (Å²) in [6.07, 6.45) is 4.89. The summed E-state index contributed by atoms with van der Waals surface area (Å²) in [7, 11) is 0. The van der Waals surface area contributed by atoms with Gasteiger partial charge in [-0.25, -0.2) is 0 Å². The van der Waals surface area contributed by atoms with Gasteiger partial charge < -0.3 is 10.2 Å². The van der Waals surface area contributed by atoms with E-state index in [2.05, 4.69) is 34.3 Å². The van der Waals surface area contributed by atoms with Gasteiger partial charge in [-0.3, -0.25) is 4.98 Å². The van der Waals surface area contributed by atoms with Gasteiger partial charge in [0, 0.05) is 24.8 Å². The number of anilines is 1. The van der Waals surface area contributed by atoms with Gasteiger partial charge in [0.05, 0.1) is 16.9 Å². The normalized spacial score (nSPS) is 18.3. The second kappa shape index (κ2) is 7.42. The lowest BCUT2D eigenvalue weighted by molar-refractivity contribution is 0.399. The third-order valence-electron chi connectivity index (χ3n) is 4.11. The number of nitrogens with one attached hydrogen (secondary N) is 1. The molecular formula is C17H26N4. The number of piperidine rings is 1. The van der Waals surface area contributed by atoms with Crippen LogP contribution in [0.2, 0.25) is 0 Å². The maximum atomic E-state index is 9.48. The van der Waals surface area contributed by atoms with E-state index in [1.165, 1.54) is 19.3 Å². The maximum absolute atomic E-state index is 9.48. The Hall–Kier alpha value is -1.60. The van der Waals surface area contributed by atoms with Gasteiger partial charge in [-0.1, -0.05) is 13.3 Å². The average Bonchev–Trinajstić information content (AvgIpc) is 2.47. The topological polar surface area (TPSA) is 52.0 Å². The van der Waals surface area contributed by atoms with Crippen molar-refractivity contribution in [2.75, 3.05) is 24.5 Å². The highest BCUT2D eigenvalue weighted by molar-refractivity contribution is 5.61. The maximum Gasteiger partial charge on any atom is 0.103 e. The van der Waals surface area contributed by atoms with E-state index in [9.17, 15) is 5.26 Å². The number of rotatable bonds is 5. The molecular weight excluding hydrogens is 260 g/mol. The van der Waals surface area contributed by atoms with E-state index in [0.29, 0.717) is 6.04 Å². The van der Waals surface area contributed by atoms with Crippen LogP contribution in [0.3, 0.4) is 0 Å². The summed E-state index contributed by atoms with van der Waals surface area (Å²) in [5, 5.41) is 13.1. The monoisotopic (exact) mass is 286 g/mol. The first-order valence-electron chi connectivity index (χ1n) is 8.02. The minimum Gasteiger partial charge on any atom is -0.369 e. The zero-order chi connectivity index (χ0) is 15.2. The van der Waals surface area contributed by atoms with Crippen molar-refractivity contribution < 1.29 is 0 Å². The van der Waals surface area contributed by atoms with Gasteiger partial charge in [-0.15, -0.1) is 0 Å². The largest absolute Gasteiger partial charge is 0.369 e. The quantitative estimate of drug-likeness (QED) is 0.904. The number of hydrogen-bond donors (Lipinski definition) is 1. The fourth-order valence-electron chi connectivity index (χ4n) is 3.12. The molecule has 0 radical (unpaired) electrons. The van der Waals surface area contributed by atoms with Crippen LogP contribution in [0.4, 0.5) is 5.69 Å². The summed E-state index contributed by atoms with van der Waals surface area (Å²) in [5.74, 6) is 0. The van der Waals surface area contributed by atoms with E-state index in [0.717, 1.165) is 48.7 Å². The molecule has 1 aliphatic heterocycles. The highest BCUT2D eigenvalue weighted by Gasteiger charge is 2.20. The lowest BCUT2D eigenvalue weighted by atomic mass is 10.0. The van der Waals surface area contributed by atoms with Crippen molar-refractivity contribution in [3.63, 3.8) is 0 Å². The van der Waals surface area contributed by atoms with Crippen LogP contribution in [0, 0.1) is 25.2 Å². The molecule has 1 saturated heterocycles. The fourth-order valence-corrected chi connectivity index (χ4v) is 3.12. The van der Waals surface area contributed by atoms with Gasteiger partial charge in [-0.2, -0.15) is 5.26 Å². The molecule has 0 spiro atoms. The summed E-state index contributed by atoms with van der Waals surface area (Å²) >= 11 is 0. The van der Waals surface area contributed by atoms with Crippen LogP contribution in [0.15, 0.2) is 6.07 Å². The molecule has 2 rings (SSSR count). The number of pyridine rings is 1. The Morgan fingerprint density at radius 2 is 2.24 bits per heavy atom. The van der Waals surface area contributed by atoms with Crippen molar-refractivity contribution in [1.29, 1.82) is 5.26 Å². The Bertz CT molecular complexity index is 512. The van der Waals surface area contributed by atoms with Gasteiger partial charge in [0.25, 0.3) is 0 Å². The minimum absolute atomic E-state index is 0.533. The Morgan fingerprint density at radius 3 is 2.86 bits per heavy atom. The lowest BCUT2D eigenvalue weighted by Gasteiger charge is -2.32. The van der Waals surface area contributed by atoms with E-state index in [-0.39, 0.29) is 0 Å². The fraction of sp³-hybridized carbons (Fsp3) is 0.647. The highest BCUT2D eigenvalue weighted by atomic mass is 15.2. The Balaban J connectivity index is 2.26. The molecule has 1 unspecified atom stereocenters. The predicted molar refractivity (Wildman–Crippen MR) is 86.6 cm³/mol. The van der Waals surface area contributed by atoms with Gasteiger partial charge in [-0.05, 0) is 45.7 Å². The predicted octanol–water partition coefficient (Wildman–Crippen LogP) is 2.93. The van der Waals surface area contributed by atoms with Crippen molar-refractivity contribution in [1.82, 2.24) is 10.3 Å². The molecule has 1 aliphatic rings. The van der Waals surface area contributed by atoms with Gasteiger partial charge in [0.2, 0.25) is 0 Å². The Kier molecular flexibility index (Phi) is 5.58. The summed E-state index contributed by atoms with van der Waals surface area (Å²) in [5.41, 5.74) is 3.60. The number of nitrogens with zero attached hydrogens (tertiary/aromatic N) is 3. The van der Waals surface area contributed by atoms with Crippen LogP contribution in [-0.4, -0.2) is 30.7 Å². The molecule has 1 fully saturated rings. The van der Waals surface area contributed by atoms with Crippen LogP contribution in [0.25, 0.3) is 0 Å². The second-order valence-electron chi connectivity index (χ2n) is 5.95. The van der Waals surface area contributed by atoms with Crippen molar-refractivity contribution in [3.05, 3.63) is 23.0 Å². The van der Waals surface area contributed by atoms with Crippen LogP contribution < -0.4 is 10.2 Å². The molecule has 2 heterocycles. The molecule has 1 aromatic heterocycles. The molecule has 0 bridgehead atoms. The summed E-state index contributed by atoms with van der Waals surface area (Å²) in [6, 6.07) is 4.94. The summed E-state index contributed by atoms with van der Waals surface area (Å²) in [6.45, 7) is 9.19. The van der Waals surface area contributed by atoms with E-state index < -0.39 is 0 Å². The second-order valence-corrected chi connectivity index (χ2v) is 5.95. The van der Waals surface area contributed by atoms with Crippen LogP contribution >= 0.6 is 0 Å². The first-order chi connectivity index (χ1) is 10.2. The first kappa shape index (κ1) is 15.8. The van der Waals surface area contributed by atoms with Gasteiger partial charge >= 0.3 is 0 Å². The molecule has 0 amide bonds. The van der Waals surface area contributed by atoms with Crippen molar-refractivity contribution in [3.8, 4) is 6.07 Å². The standard InChI is InChI=1S/C17H26N4/c1-4-9-21(12-15-7-5-6-8-19-15)17-10-13(2)20-14(3)16(17)11-18/h10,15,19H,4-9,12H2,1-3H3. The van der Waals surface area contributed by atoms with Crippen LogP contribution in [-0.2, 0) is 0 Å². The molecule has 4 heteroatoms. The summed E-state index contributed by atoms with van der Waals surface area (Å²) < 4.78 is 0. The van der Waals surface area contributed by atoms with Crippen LogP contribution in [0.5, 0.6) is 0 Å². The third-order valence-corrected chi connectivity index (χ3v) is 4.11. The molecule has 21 heavy (non-hydrogen) atoms. The van der Waals surface area contributed by atoms with E-state index in [1.807, 2.05) is 13.8 Å². The molecule has 114 valence electrons. The third kappa shape index (κ3) is 3.95. The van der Waals surface area contributed by atoms with E-state index >= 15 is 0 Å². The molecule has 0 aliphatic carbocycles. The number of aryl methyl sites for hydroxylation is 2. The van der Waals surface area contributed by atoms with Gasteiger partial charge in [0.1, 0.15) is 6.07 Å². The summed E-state index contributed by atoms with van der Waals surface area (Å²) in [4.78, 5) is 6.79. The number of nitriles is 1. The Morgan fingerprint density at radius 1 is 1.43 bits per heavy atom. The average molecular weight is 286 g/mol. The molecule has 4 nitrogen and oxygen atoms in total. The van der Waals surface area contributed by atoms with E-state index in [4.69, 9.17) is 0 Å². The zero-order valence-electron chi connectivity index (χ0n) is 13.4. The first-order valence-corrected chi connectivity index (χ1v) is 8.02. The lowest BCUT2D eigenvalue weighted by Crippen LogP contribution is -2.44. The SMILES string of the molecule is CCCN(CC1CCCCN1)c1cc(C)nc(C)c1C#N. The van der Waals surface area contributed by atoms with Crippen molar-refractivity contribution in [2.45, 2.75) is 52.5 Å². The number of hydrogen-bond acceptors (Lipinski definition) is 4. The molecule has 1 aromatic rings. The van der Waals surface area contributed by atoms with Crippen molar-refractivity contribution >= 4 is 5.69 Å². The molecule has 1 N–H and O–H groups in total. The minimum atomic E-state index is 0.533. The van der Waals surface area contributed by atoms with Crippen LogP contribution in [0.1, 0.15) is 49.6 Å². The zero-order valence-corrected chi connectivity index (χ0v) is 13.4. The Labute approximate surface area is 128 Å². The molecule has 1 atom stereocenters. The molecule has 0 aromatic carbocycles. The highest BCUT2D eigenvalue weighted by Crippen LogP contribution is 2.24. The number of aromatic nitrogens is 1. The molecule has 0 saturated carbocycles. The van der Waals surface area contributed by atoms with E-state index in [1.54, 1.807) is 0 Å². The van der Waals surface area contributed by atoms with Crippen molar-refractivity contribution in [2.24, 2.45) is 0 Å².